The minimum Gasteiger partial charge on any atom is -0.207 e. The van der Waals surface area contributed by atoms with Crippen molar-refractivity contribution in [3.05, 3.63) is 107 Å². The fraction of sp³-hybridized carbons (Fsp3) is 0. The van der Waals surface area contributed by atoms with Crippen LogP contribution in [0.3, 0.4) is 0 Å². The third kappa shape index (κ3) is 4.09. The highest BCUT2D eigenvalue weighted by atomic mass is 19.1. The molecule has 0 unspecified atom stereocenters. The topological polar surface area (TPSA) is 0 Å². The summed E-state index contributed by atoms with van der Waals surface area (Å²) in [6, 6.07) is 19.6. The standard InChI is InChI=1S/C22H12F2/c23-21-13-7-17(8-14-21)5-11-19-3-1-2-4-20(19)12-6-18-9-15-22(24)16-10-18/h1-4,7-10,13-16H. The molecule has 24 heavy (non-hydrogen) atoms. The molecule has 0 radical (unpaired) electrons. The Bertz CT molecular complexity index is 878. The molecule has 0 fully saturated rings. The molecule has 0 spiro atoms. The predicted octanol–water partition coefficient (Wildman–Crippen LogP) is 4.76. The number of rotatable bonds is 0. The van der Waals surface area contributed by atoms with Crippen LogP contribution < -0.4 is 0 Å². The first-order chi connectivity index (χ1) is 11.7. The Morgan fingerprint density at radius 1 is 0.458 bits per heavy atom. The van der Waals surface area contributed by atoms with Crippen LogP contribution in [0.15, 0.2) is 72.8 Å². The van der Waals surface area contributed by atoms with Gasteiger partial charge in [-0.05, 0) is 60.7 Å². The lowest BCUT2D eigenvalue weighted by Crippen LogP contribution is -1.84. The number of hydrogen-bond donors (Lipinski definition) is 0. The summed E-state index contributed by atoms with van der Waals surface area (Å²) in [6.07, 6.45) is 0. The molecule has 0 nitrogen and oxygen atoms in total. The van der Waals surface area contributed by atoms with Crippen LogP contribution in [0.2, 0.25) is 0 Å². The van der Waals surface area contributed by atoms with Gasteiger partial charge in [0.25, 0.3) is 0 Å². The third-order valence-electron chi connectivity index (χ3n) is 3.30. The SMILES string of the molecule is Fc1ccc(C#Cc2ccccc2C#Cc2ccc(F)cc2)cc1. The largest absolute Gasteiger partial charge is 0.207 e. The fourth-order valence-corrected chi connectivity index (χ4v) is 2.05. The zero-order chi connectivity index (χ0) is 16.8. The average molecular weight is 314 g/mol. The highest BCUT2D eigenvalue weighted by Gasteiger charge is 1.96. The summed E-state index contributed by atoms with van der Waals surface area (Å²) in [5, 5.41) is 0. The number of benzene rings is 3. The van der Waals surface area contributed by atoms with Gasteiger partial charge in [-0.2, -0.15) is 0 Å². The van der Waals surface area contributed by atoms with Gasteiger partial charge in [-0.15, -0.1) is 0 Å². The zero-order valence-electron chi connectivity index (χ0n) is 12.7. The van der Waals surface area contributed by atoms with E-state index in [1.54, 1.807) is 24.3 Å². The van der Waals surface area contributed by atoms with Crippen molar-refractivity contribution in [1.29, 1.82) is 0 Å². The van der Waals surface area contributed by atoms with Gasteiger partial charge in [-0.1, -0.05) is 35.8 Å². The van der Waals surface area contributed by atoms with Gasteiger partial charge < -0.3 is 0 Å². The second-order valence-electron chi connectivity index (χ2n) is 5.06. The minimum atomic E-state index is -0.286. The molecule has 0 aliphatic heterocycles. The molecular formula is C22H12F2. The maximum Gasteiger partial charge on any atom is 0.123 e. The Balaban J connectivity index is 1.89. The molecule has 3 aromatic carbocycles. The predicted molar refractivity (Wildman–Crippen MR) is 91.2 cm³/mol. The van der Waals surface area contributed by atoms with Crippen molar-refractivity contribution >= 4 is 0 Å². The Morgan fingerprint density at radius 3 is 1.21 bits per heavy atom. The van der Waals surface area contributed by atoms with Crippen LogP contribution >= 0.6 is 0 Å². The molecule has 2 heteroatoms. The van der Waals surface area contributed by atoms with E-state index in [-0.39, 0.29) is 11.6 Å². The van der Waals surface area contributed by atoms with Crippen LogP contribution in [0.1, 0.15) is 22.3 Å². The first kappa shape index (κ1) is 15.5. The van der Waals surface area contributed by atoms with Gasteiger partial charge in [0.1, 0.15) is 11.6 Å². The van der Waals surface area contributed by atoms with Gasteiger partial charge in [0.15, 0.2) is 0 Å². The summed E-state index contributed by atoms with van der Waals surface area (Å²) in [5.74, 6) is 11.5. The summed E-state index contributed by atoms with van der Waals surface area (Å²) >= 11 is 0. The van der Waals surface area contributed by atoms with Crippen molar-refractivity contribution in [2.75, 3.05) is 0 Å². The normalized spacial score (nSPS) is 9.42. The Labute approximate surface area is 139 Å². The van der Waals surface area contributed by atoms with Crippen molar-refractivity contribution in [3.63, 3.8) is 0 Å². The van der Waals surface area contributed by atoms with E-state index in [1.165, 1.54) is 24.3 Å². The second kappa shape index (κ2) is 7.27. The molecule has 0 saturated carbocycles. The molecule has 3 aromatic rings. The summed E-state index contributed by atoms with van der Waals surface area (Å²) < 4.78 is 25.8. The molecule has 0 N–H and O–H groups in total. The van der Waals surface area contributed by atoms with Crippen LogP contribution in [0, 0.1) is 35.3 Å². The molecule has 0 aliphatic rings. The Kier molecular flexibility index (Phi) is 4.70. The molecule has 0 heterocycles. The first-order valence-electron chi connectivity index (χ1n) is 7.35. The Hall–Kier alpha value is -3.36. The highest BCUT2D eigenvalue weighted by molar-refractivity contribution is 5.54. The van der Waals surface area contributed by atoms with Crippen molar-refractivity contribution in [1.82, 2.24) is 0 Å². The third-order valence-corrected chi connectivity index (χ3v) is 3.30. The van der Waals surface area contributed by atoms with Gasteiger partial charge in [0.2, 0.25) is 0 Å². The van der Waals surface area contributed by atoms with Crippen molar-refractivity contribution < 1.29 is 8.78 Å². The molecule has 114 valence electrons. The van der Waals surface area contributed by atoms with E-state index in [0.29, 0.717) is 0 Å². The van der Waals surface area contributed by atoms with Crippen LogP contribution in [0.5, 0.6) is 0 Å². The number of hydrogen-bond acceptors (Lipinski definition) is 0. The lowest BCUT2D eigenvalue weighted by molar-refractivity contribution is 0.627. The van der Waals surface area contributed by atoms with E-state index in [0.717, 1.165) is 22.3 Å². The molecule has 0 aromatic heterocycles. The molecule has 0 aliphatic carbocycles. The summed E-state index contributed by atoms with van der Waals surface area (Å²) in [6.45, 7) is 0. The highest BCUT2D eigenvalue weighted by Crippen LogP contribution is 2.08. The second-order valence-corrected chi connectivity index (χ2v) is 5.06. The molecular weight excluding hydrogens is 302 g/mol. The minimum absolute atomic E-state index is 0.286. The van der Waals surface area contributed by atoms with Gasteiger partial charge in [-0.25, -0.2) is 8.78 Å². The van der Waals surface area contributed by atoms with Gasteiger partial charge >= 0.3 is 0 Å². The number of halogens is 2. The van der Waals surface area contributed by atoms with Crippen LogP contribution in [-0.2, 0) is 0 Å². The van der Waals surface area contributed by atoms with E-state index < -0.39 is 0 Å². The summed E-state index contributed by atoms with van der Waals surface area (Å²) in [4.78, 5) is 0. The van der Waals surface area contributed by atoms with E-state index in [9.17, 15) is 8.78 Å². The van der Waals surface area contributed by atoms with Crippen molar-refractivity contribution in [2.24, 2.45) is 0 Å². The van der Waals surface area contributed by atoms with E-state index in [2.05, 4.69) is 23.7 Å². The molecule has 0 atom stereocenters. The maximum atomic E-state index is 12.9. The van der Waals surface area contributed by atoms with E-state index in [4.69, 9.17) is 0 Å². The summed E-state index contributed by atoms with van der Waals surface area (Å²) in [5.41, 5.74) is 3.04. The fourth-order valence-electron chi connectivity index (χ4n) is 2.05. The van der Waals surface area contributed by atoms with E-state index in [1.807, 2.05) is 24.3 Å². The van der Waals surface area contributed by atoms with Crippen molar-refractivity contribution in [2.45, 2.75) is 0 Å². The first-order valence-corrected chi connectivity index (χ1v) is 7.35. The molecule has 0 bridgehead atoms. The molecule has 0 saturated heterocycles. The zero-order valence-corrected chi connectivity index (χ0v) is 12.7. The Morgan fingerprint density at radius 2 is 0.833 bits per heavy atom. The van der Waals surface area contributed by atoms with Crippen molar-refractivity contribution in [3.8, 4) is 23.7 Å². The molecule has 0 amide bonds. The smallest absolute Gasteiger partial charge is 0.123 e. The monoisotopic (exact) mass is 314 g/mol. The van der Waals surface area contributed by atoms with E-state index >= 15 is 0 Å². The maximum absolute atomic E-state index is 12.9. The lowest BCUT2D eigenvalue weighted by Gasteiger charge is -1.96. The molecule has 3 rings (SSSR count). The van der Waals surface area contributed by atoms with Crippen LogP contribution in [0.4, 0.5) is 8.78 Å². The van der Waals surface area contributed by atoms with Crippen LogP contribution in [-0.4, -0.2) is 0 Å². The average Bonchev–Trinajstić information content (AvgIpc) is 2.61. The van der Waals surface area contributed by atoms with Gasteiger partial charge in [-0.3, -0.25) is 0 Å². The lowest BCUT2D eigenvalue weighted by atomic mass is 10.1. The quantitative estimate of drug-likeness (QED) is 0.525. The van der Waals surface area contributed by atoms with Crippen LogP contribution in [0.25, 0.3) is 0 Å². The summed E-state index contributed by atoms with van der Waals surface area (Å²) in [7, 11) is 0. The van der Waals surface area contributed by atoms with Gasteiger partial charge in [0, 0.05) is 22.3 Å². The van der Waals surface area contributed by atoms with Gasteiger partial charge in [0.05, 0.1) is 0 Å².